The van der Waals surface area contributed by atoms with Gasteiger partial charge in [-0.25, -0.2) is 0 Å². The number of carbonyl (C=O) groups excluding carboxylic acids is 2. The highest BCUT2D eigenvalue weighted by Gasteiger charge is 2.16. The van der Waals surface area contributed by atoms with Gasteiger partial charge in [0.15, 0.2) is 5.78 Å². The highest BCUT2D eigenvalue weighted by atomic mass is 35.5. The molecule has 0 aliphatic carbocycles. The third-order valence-corrected chi connectivity index (χ3v) is 2.06. The zero-order chi connectivity index (χ0) is 11.4. The van der Waals surface area contributed by atoms with Crippen LogP contribution in [0.2, 0.25) is 0 Å². The second kappa shape index (κ2) is 4.94. The molecule has 1 aromatic rings. The summed E-state index contributed by atoms with van der Waals surface area (Å²) in [5.74, 6) is -0.404. The lowest BCUT2D eigenvalue weighted by atomic mass is 10.1. The molecule has 4 heteroatoms. The highest BCUT2D eigenvalue weighted by Crippen LogP contribution is 2.18. The van der Waals surface area contributed by atoms with E-state index in [1.807, 2.05) is 0 Å². The van der Waals surface area contributed by atoms with Crippen molar-refractivity contribution in [1.29, 1.82) is 0 Å². The van der Waals surface area contributed by atoms with Gasteiger partial charge in [-0.2, -0.15) is 0 Å². The van der Waals surface area contributed by atoms with Gasteiger partial charge < -0.3 is 5.32 Å². The molecule has 1 atom stereocenters. The molecule has 1 rings (SSSR count). The molecule has 0 aromatic heterocycles. The Labute approximate surface area is 93.4 Å². The Balaban J connectivity index is 3.06. The van der Waals surface area contributed by atoms with E-state index in [1.54, 1.807) is 31.2 Å². The Morgan fingerprint density at radius 2 is 1.93 bits per heavy atom. The number of para-hydroxylation sites is 1. The number of nitrogens with one attached hydrogen (secondary N) is 1. The zero-order valence-electron chi connectivity index (χ0n) is 8.58. The first-order valence-corrected chi connectivity index (χ1v) is 5.01. The molecule has 80 valence electrons. The van der Waals surface area contributed by atoms with Crippen molar-refractivity contribution >= 4 is 29.0 Å². The Kier molecular flexibility index (Phi) is 3.86. The Morgan fingerprint density at radius 3 is 2.47 bits per heavy atom. The monoisotopic (exact) mass is 225 g/mol. The predicted octanol–water partition coefficient (Wildman–Crippen LogP) is 2.46. The first kappa shape index (κ1) is 11.7. The molecule has 0 aliphatic heterocycles. The maximum Gasteiger partial charge on any atom is 0.221 e. The van der Waals surface area contributed by atoms with E-state index in [0.29, 0.717) is 11.3 Å². The Morgan fingerprint density at radius 1 is 1.33 bits per heavy atom. The smallest absolute Gasteiger partial charge is 0.221 e. The average molecular weight is 226 g/mol. The lowest BCUT2D eigenvalue weighted by Gasteiger charge is -2.09. The topological polar surface area (TPSA) is 46.2 Å². The van der Waals surface area contributed by atoms with Crippen molar-refractivity contribution in [3.8, 4) is 0 Å². The lowest BCUT2D eigenvalue weighted by Crippen LogP contribution is -2.15. The summed E-state index contributed by atoms with van der Waals surface area (Å²) in [6.45, 7) is 3.00. The minimum absolute atomic E-state index is 0.194. The van der Waals surface area contributed by atoms with E-state index in [9.17, 15) is 9.59 Å². The van der Waals surface area contributed by atoms with Crippen LogP contribution in [0.5, 0.6) is 0 Å². The maximum atomic E-state index is 11.7. The molecular weight excluding hydrogens is 214 g/mol. The molecule has 1 N–H and O–H groups in total. The molecule has 0 radical (unpaired) electrons. The largest absolute Gasteiger partial charge is 0.326 e. The molecule has 0 saturated heterocycles. The molecule has 0 bridgehead atoms. The third kappa shape index (κ3) is 3.06. The molecule has 1 unspecified atom stereocenters. The predicted molar refractivity (Wildman–Crippen MR) is 60.4 cm³/mol. The van der Waals surface area contributed by atoms with Crippen LogP contribution in [0.25, 0.3) is 0 Å². The van der Waals surface area contributed by atoms with Gasteiger partial charge in [-0.15, -0.1) is 11.6 Å². The van der Waals surface area contributed by atoms with E-state index in [4.69, 9.17) is 11.6 Å². The maximum absolute atomic E-state index is 11.7. The van der Waals surface area contributed by atoms with Gasteiger partial charge in [0.1, 0.15) is 0 Å². The molecule has 0 heterocycles. The van der Waals surface area contributed by atoms with Crippen LogP contribution in [0.4, 0.5) is 5.69 Å². The number of carbonyl (C=O) groups is 2. The third-order valence-electron chi connectivity index (χ3n) is 1.86. The number of hydrogen-bond donors (Lipinski definition) is 1. The molecule has 0 saturated carbocycles. The molecule has 15 heavy (non-hydrogen) atoms. The van der Waals surface area contributed by atoms with E-state index < -0.39 is 5.38 Å². The molecule has 1 amide bonds. The standard InChI is InChI=1S/C11H12ClNO2/c1-7(12)11(15)9-5-3-4-6-10(9)13-8(2)14/h3-7H,1-2H3,(H,13,14). The van der Waals surface area contributed by atoms with E-state index in [2.05, 4.69) is 5.32 Å². The van der Waals surface area contributed by atoms with Crippen LogP contribution in [0.15, 0.2) is 24.3 Å². The molecular formula is C11H12ClNO2. The first-order chi connectivity index (χ1) is 7.02. The van der Waals surface area contributed by atoms with Crippen molar-refractivity contribution < 1.29 is 9.59 Å². The van der Waals surface area contributed by atoms with Crippen LogP contribution in [0, 0.1) is 0 Å². The van der Waals surface area contributed by atoms with Gasteiger partial charge >= 0.3 is 0 Å². The van der Waals surface area contributed by atoms with E-state index in [1.165, 1.54) is 6.92 Å². The van der Waals surface area contributed by atoms with Crippen LogP contribution in [-0.4, -0.2) is 17.1 Å². The van der Waals surface area contributed by atoms with Gasteiger partial charge in [0, 0.05) is 12.5 Å². The zero-order valence-corrected chi connectivity index (χ0v) is 9.34. The first-order valence-electron chi connectivity index (χ1n) is 4.57. The molecule has 0 aliphatic rings. The van der Waals surface area contributed by atoms with Crippen LogP contribution in [0.3, 0.4) is 0 Å². The quantitative estimate of drug-likeness (QED) is 0.635. The van der Waals surface area contributed by atoms with Gasteiger partial charge in [0.2, 0.25) is 5.91 Å². The number of alkyl halides is 1. The summed E-state index contributed by atoms with van der Waals surface area (Å²) in [5, 5.41) is 1.99. The molecule has 1 aromatic carbocycles. The van der Waals surface area contributed by atoms with Crippen molar-refractivity contribution in [3.05, 3.63) is 29.8 Å². The van der Waals surface area contributed by atoms with Gasteiger partial charge in [0.05, 0.1) is 11.1 Å². The van der Waals surface area contributed by atoms with E-state index in [0.717, 1.165) is 0 Å². The second-order valence-electron chi connectivity index (χ2n) is 3.21. The fourth-order valence-corrected chi connectivity index (χ4v) is 1.33. The van der Waals surface area contributed by atoms with Crippen LogP contribution in [-0.2, 0) is 4.79 Å². The Hall–Kier alpha value is -1.35. The highest BCUT2D eigenvalue weighted by molar-refractivity contribution is 6.34. The number of anilines is 1. The summed E-state index contributed by atoms with van der Waals surface area (Å²) >= 11 is 5.71. The van der Waals surface area contributed by atoms with Crippen molar-refractivity contribution in [2.45, 2.75) is 19.2 Å². The second-order valence-corrected chi connectivity index (χ2v) is 3.86. The van der Waals surface area contributed by atoms with Gasteiger partial charge in [0.25, 0.3) is 0 Å². The fraction of sp³-hybridized carbons (Fsp3) is 0.273. The van der Waals surface area contributed by atoms with Gasteiger partial charge in [-0.05, 0) is 19.1 Å². The number of hydrogen-bond acceptors (Lipinski definition) is 2. The van der Waals surface area contributed by atoms with Crippen molar-refractivity contribution in [2.75, 3.05) is 5.32 Å². The summed E-state index contributed by atoms with van der Waals surface area (Å²) in [6.07, 6.45) is 0. The lowest BCUT2D eigenvalue weighted by molar-refractivity contribution is -0.114. The number of rotatable bonds is 3. The van der Waals surface area contributed by atoms with Crippen molar-refractivity contribution in [1.82, 2.24) is 0 Å². The van der Waals surface area contributed by atoms with Crippen molar-refractivity contribution in [3.63, 3.8) is 0 Å². The van der Waals surface area contributed by atoms with E-state index in [-0.39, 0.29) is 11.7 Å². The number of benzene rings is 1. The van der Waals surface area contributed by atoms with Gasteiger partial charge in [-0.3, -0.25) is 9.59 Å². The summed E-state index contributed by atoms with van der Waals surface area (Å²) in [4.78, 5) is 22.6. The summed E-state index contributed by atoms with van der Waals surface area (Å²) in [7, 11) is 0. The number of Topliss-reactive ketones (excluding diaryl/α,β-unsaturated/α-hetero) is 1. The average Bonchev–Trinajstić information content (AvgIpc) is 2.16. The minimum atomic E-state index is -0.597. The molecule has 0 spiro atoms. The Bertz CT molecular complexity index is 388. The minimum Gasteiger partial charge on any atom is -0.326 e. The fourth-order valence-electron chi connectivity index (χ4n) is 1.21. The van der Waals surface area contributed by atoms with E-state index >= 15 is 0 Å². The van der Waals surface area contributed by atoms with Crippen molar-refractivity contribution in [2.24, 2.45) is 0 Å². The summed E-state index contributed by atoms with van der Waals surface area (Å²) in [5.41, 5.74) is 0.942. The van der Waals surface area contributed by atoms with Crippen LogP contribution in [0.1, 0.15) is 24.2 Å². The van der Waals surface area contributed by atoms with Crippen LogP contribution >= 0.6 is 11.6 Å². The molecule has 0 fully saturated rings. The summed E-state index contributed by atoms with van der Waals surface area (Å²) in [6, 6.07) is 6.80. The number of halogens is 1. The normalized spacial score (nSPS) is 11.9. The van der Waals surface area contributed by atoms with Gasteiger partial charge in [-0.1, -0.05) is 12.1 Å². The number of ketones is 1. The number of amides is 1. The van der Waals surface area contributed by atoms with Crippen LogP contribution < -0.4 is 5.32 Å². The molecule has 3 nitrogen and oxygen atoms in total. The summed E-state index contributed by atoms with van der Waals surface area (Å²) < 4.78 is 0. The SMILES string of the molecule is CC(=O)Nc1ccccc1C(=O)C(C)Cl.